The molecule has 0 saturated carbocycles. The lowest BCUT2D eigenvalue weighted by Crippen LogP contribution is -2.08. The van der Waals surface area contributed by atoms with Gasteiger partial charge in [0.2, 0.25) is 0 Å². The largest absolute Gasteiger partial charge is 0.294 e. The highest BCUT2D eigenvalue weighted by molar-refractivity contribution is 8.00. The van der Waals surface area contributed by atoms with Gasteiger partial charge in [0, 0.05) is 16.1 Å². The standard InChI is InChI=1S/C16H22OS/c1-12(2)10-14(17)11-13-8-6-7-9-15(13)18-16(3,4)5/h6-10H,11H2,1-5H3. The molecular weight excluding hydrogens is 240 g/mol. The molecule has 0 aliphatic carbocycles. The van der Waals surface area contributed by atoms with Gasteiger partial charge in [-0.25, -0.2) is 0 Å². The first kappa shape index (κ1) is 15.0. The summed E-state index contributed by atoms with van der Waals surface area (Å²) in [4.78, 5) is 13.1. The van der Waals surface area contributed by atoms with E-state index in [1.807, 2.05) is 43.8 Å². The molecule has 0 saturated heterocycles. The van der Waals surface area contributed by atoms with Gasteiger partial charge in [0.1, 0.15) is 0 Å². The van der Waals surface area contributed by atoms with Crippen LogP contribution in [0.3, 0.4) is 0 Å². The summed E-state index contributed by atoms with van der Waals surface area (Å²) in [5, 5.41) is 0. The Morgan fingerprint density at radius 1 is 1.22 bits per heavy atom. The van der Waals surface area contributed by atoms with Gasteiger partial charge in [-0.05, 0) is 31.6 Å². The van der Waals surface area contributed by atoms with Gasteiger partial charge in [0.15, 0.2) is 5.78 Å². The normalized spacial score (nSPS) is 11.2. The topological polar surface area (TPSA) is 17.1 Å². The number of allylic oxidation sites excluding steroid dienone is 2. The molecule has 0 fully saturated rings. The smallest absolute Gasteiger partial charge is 0.160 e. The zero-order valence-corrected chi connectivity index (χ0v) is 12.7. The molecule has 1 aromatic rings. The maximum atomic E-state index is 11.9. The molecule has 0 aliphatic heterocycles. The molecule has 1 rings (SSSR count). The van der Waals surface area contributed by atoms with Crippen LogP contribution in [0.15, 0.2) is 40.8 Å². The van der Waals surface area contributed by atoms with Crippen molar-refractivity contribution in [2.75, 3.05) is 0 Å². The van der Waals surface area contributed by atoms with Crippen LogP contribution in [-0.2, 0) is 11.2 Å². The van der Waals surface area contributed by atoms with Crippen LogP contribution >= 0.6 is 11.8 Å². The van der Waals surface area contributed by atoms with Crippen LogP contribution in [0.2, 0.25) is 0 Å². The molecule has 1 aromatic carbocycles. The summed E-state index contributed by atoms with van der Waals surface area (Å²) in [6, 6.07) is 8.17. The maximum Gasteiger partial charge on any atom is 0.160 e. The summed E-state index contributed by atoms with van der Waals surface area (Å²) < 4.78 is 0.162. The van der Waals surface area contributed by atoms with Crippen LogP contribution in [0.1, 0.15) is 40.2 Å². The highest BCUT2D eigenvalue weighted by atomic mass is 32.2. The van der Waals surface area contributed by atoms with Gasteiger partial charge >= 0.3 is 0 Å². The third-order valence-electron chi connectivity index (χ3n) is 2.20. The fourth-order valence-corrected chi connectivity index (χ4v) is 2.72. The number of ketones is 1. The van der Waals surface area contributed by atoms with E-state index in [1.165, 1.54) is 4.90 Å². The molecule has 0 radical (unpaired) electrons. The van der Waals surface area contributed by atoms with Gasteiger partial charge < -0.3 is 0 Å². The lowest BCUT2D eigenvalue weighted by atomic mass is 10.1. The van der Waals surface area contributed by atoms with Crippen LogP contribution in [0.25, 0.3) is 0 Å². The lowest BCUT2D eigenvalue weighted by molar-refractivity contribution is -0.114. The van der Waals surface area contributed by atoms with Gasteiger partial charge in [0.25, 0.3) is 0 Å². The van der Waals surface area contributed by atoms with Gasteiger partial charge in [0.05, 0.1) is 0 Å². The predicted molar refractivity (Wildman–Crippen MR) is 80.2 cm³/mol. The number of hydrogen-bond acceptors (Lipinski definition) is 2. The second-order valence-corrected chi connectivity index (χ2v) is 7.56. The van der Waals surface area contributed by atoms with Crippen molar-refractivity contribution in [3.05, 3.63) is 41.5 Å². The van der Waals surface area contributed by atoms with Crippen LogP contribution in [0, 0.1) is 0 Å². The van der Waals surface area contributed by atoms with Crippen LogP contribution in [0.4, 0.5) is 0 Å². The molecule has 98 valence electrons. The van der Waals surface area contributed by atoms with E-state index < -0.39 is 0 Å². The summed E-state index contributed by atoms with van der Waals surface area (Å²) in [5.41, 5.74) is 2.18. The SMILES string of the molecule is CC(C)=CC(=O)Cc1ccccc1SC(C)(C)C. The third kappa shape index (κ3) is 5.54. The predicted octanol–water partition coefficient (Wildman–Crippen LogP) is 4.66. The van der Waals surface area contributed by atoms with E-state index in [4.69, 9.17) is 0 Å². The summed E-state index contributed by atoms with van der Waals surface area (Å²) in [5.74, 6) is 0.178. The minimum absolute atomic E-state index is 0.162. The Labute approximate surface area is 115 Å². The monoisotopic (exact) mass is 262 g/mol. The summed E-state index contributed by atoms with van der Waals surface area (Å²) in [6.07, 6.45) is 2.21. The van der Waals surface area contributed by atoms with Crippen LogP contribution in [-0.4, -0.2) is 10.5 Å². The first-order valence-electron chi connectivity index (χ1n) is 6.22. The summed E-state index contributed by atoms with van der Waals surface area (Å²) in [7, 11) is 0. The van der Waals surface area contributed by atoms with Gasteiger partial charge in [-0.3, -0.25) is 4.79 Å². The number of benzene rings is 1. The minimum atomic E-state index is 0.162. The molecule has 0 atom stereocenters. The number of carbonyl (C=O) groups is 1. The second-order valence-electron chi connectivity index (χ2n) is 5.69. The number of hydrogen-bond donors (Lipinski definition) is 0. The Hall–Kier alpha value is -1.02. The molecule has 0 bridgehead atoms. The van der Waals surface area contributed by atoms with E-state index in [9.17, 15) is 4.79 Å². The zero-order valence-electron chi connectivity index (χ0n) is 11.9. The Kier molecular flexibility index (Phi) is 5.21. The second kappa shape index (κ2) is 6.24. The van der Waals surface area contributed by atoms with E-state index in [0.717, 1.165) is 11.1 Å². The highest BCUT2D eigenvalue weighted by Gasteiger charge is 2.15. The number of carbonyl (C=O) groups excluding carboxylic acids is 1. The molecule has 18 heavy (non-hydrogen) atoms. The minimum Gasteiger partial charge on any atom is -0.294 e. The van der Waals surface area contributed by atoms with E-state index in [0.29, 0.717) is 6.42 Å². The third-order valence-corrected chi connectivity index (χ3v) is 3.43. The Bertz CT molecular complexity index is 448. The molecule has 2 heteroatoms. The Morgan fingerprint density at radius 3 is 2.39 bits per heavy atom. The number of thioether (sulfide) groups is 1. The van der Waals surface area contributed by atoms with E-state index >= 15 is 0 Å². The van der Waals surface area contributed by atoms with Crippen molar-refractivity contribution < 1.29 is 4.79 Å². The fourth-order valence-electron chi connectivity index (χ4n) is 1.64. The van der Waals surface area contributed by atoms with Gasteiger partial charge in [-0.15, -0.1) is 11.8 Å². The first-order chi connectivity index (χ1) is 8.28. The average Bonchev–Trinajstić information content (AvgIpc) is 2.17. The fraction of sp³-hybridized carbons (Fsp3) is 0.438. The molecule has 0 N–H and O–H groups in total. The van der Waals surface area contributed by atoms with Crippen molar-refractivity contribution in [2.24, 2.45) is 0 Å². The van der Waals surface area contributed by atoms with Crippen molar-refractivity contribution in [1.82, 2.24) is 0 Å². The van der Waals surface area contributed by atoms with Gasteiger partial charge in [-0.2, -0.15) is 0 Å². The van der Waals surface area contributed by atoms with E-state index in [-0.39, 0.29) is 10.5 Å². The number of rotatable bonds is 4. The highest BCUT2D eigenvalue weighted by Crippen LogP contribution is 2.34. The van der Waals surface area contributed by atoms with Crippen molar-refractivity contribution in [1.29, 1.82) is 0 Å². The van der Waals surface area contributed by atoms with Crippen molar-refractivity contribution in [2.45, 2.75) is 50.7 Å². The molecule has 0 aliphatic rings. The molecule has 1 nitrogen and oxygen atoms in total. The Morgan fingerprint density at radius 2 is 1.83 bits per heavy atom. The molecular formula is C16H22OS. The van der Waals surface area contributed by atoms with Crippen molar-refractivity contribution in [3.63, 3.8) is 0 Å². The first-order valence-corrected chi connectivity index (χ1v) is 7.04. The molecule has 0 aromatic heterocycles. The maximum absolute atomic E-state index is 11.9. The van der Waals surface area contributed by atoms with Gasteiger partial charge in [-0.1, -0.05) is 44.5 Å². The van der Waals surface area contributed by atoms with E-state index in [1.54, 1.807) is 6.08 Å². The molecule has 0 amide bonds. The Balaban J connectivity index is 2.89. The molecule has 0 spiro atoms. The van der Waals surface area contributed by atoms with E-state index in [2.05, 4.69) is 26.8 Å². The zero-order chi connectivity index (χ0) is 13.8. The van der Waals surface area contributed by atoms with Crippen molar-refractivity contribution in [3.8, 4) is 0 Å². The lowest BCUT2D eigenvalue weighted by Gasteiger charge is -2.19. The summed E-state index contributed by atoms with van der Waals surface area (Å²) >= 11 is 1.82. The van der Waals surface area contributed by atoms with Crippen LogP contribution < -0.4 is 0 Å². The van der Waals surface area contributed by atoms with Crippen LogP contribution in [0.5, 0.6) is 0 Å². The molecule has 0 heterocycles. The average molecular weight is 262 g/mol. The molecule has 0 unspecified atom stereocenters. The quantitative estimate of drug-likeness (QED) is 0.580. The summed E-state index contributed by atoms with van der Waals surface area (Å²) in [6.45, 7) is 10.5. The van der Waals surface area contributed by atoms with Crippen molar-refractivity contribution >= 4 is 17.5 Å².